The van der Waals surface area contributed by atoms with Crippen molar-refractivity contribution in [2.24, 2.45) is 0 Å². The Balaban J connectivity index is 1.73. The minimum atomic E-state index is -4.37. The lowest BCUT2D eigenvalue weighted by atomic mass is 10.1. The highest BCUT2D eigenvalue weighted by atomic mass is 19.4. The number of aryl methyl sites for hydroxylation is 1. The van der Waals surface area contributed by atoms with Gasteiger partial charge in [0.2, 0.25) is 0 Å². The van der Waals surface area contributed by atoms with Gasteiger partial charge < -0.3 is 9.47 Å². The number of ether oxygens (including phenoxy) is 2. The van der Waals surface area contributed by atoms with Crippen LogP contribution in [0.5, 0.6) is 11.5 Å². The molecule has 0 atom stereocenters. The number of fused-ring (bicyclic) bond motifs is 1. The van der Waals surface area contributed by atoms with Gasteiger partial charge in [-0.25, -0.2) is 4.39 Å². The third-order valence-electron chi connectivity index (χ3n) is 3.99. The van der Waals surface area contributed by atoms with E-state index in [2.05, 4.69) is 10.2 Å². The SMILES string of the molecule is Cc1c(OCC(C)(C)Oc2ccc(F)cc2)ccn2c(CC(F)(F)F)nnc12. The van der Waals surface area contributed by atoms with E-state index in [0.29, 0.717) is 22.7 Å². The number of hydrogen-bond acceptors (Lipinski definition) is 4. The van der Waals surface area contributed by atoms with Crippen LogP contribution in [0, 0.1) is 12.7 Å². The first kappa shape index (κ1) is 19.9. The Morgan fingerprint density at radius 3 is 2.36 bits per heavy atom. The molecule has 0 fully saturated rings. The molecule has 150 valence electrons. The molecule has 0 amide bonds. The average molecular weight is 397 g/mol. The fourth-order valence-electron chi connectivity index (χ4n) is 2.67. The van der Waals surface area contributed by atoms with E-state index in [1.54, 1.807) is 13.0 Å². The summed E-state index contributed by atoms with van der Waals surface area (Å²) in [5.41, 5.74) is 0.140. The molecule has 1 aromatic carbocycles. The van der Waals surface area contributed by atoms with Crippen LogP contribution < -0.4 is 9.47 Å². The van der Waals surface area contributed by atoms with Gasteiger partial charge in [0, 0.05) is 11.8 Å². The zero-order chi connectivity index (χ0) is 20.5. The summed E-state index contributed by atoms with van der Waals surface area (Å²) in [5, 5.41) is 7.49. The van der Waals surface area contributed by atoms with Crippen LogP contribution in [0.2, 0.25) is 0 Å². The van der Waals surface area contributed by atoms with E-state index in [0.717, 1.165) is 0 Å². The van der Waals surface area contributed by atoms with Gasteiger partial charge in [-0.05, 0) is 51.1 Å². The monoisotopic (exact) mass is 397 g/mol. The summed E-state index contributed by atoms with van der Waals surface area (Å²) >= 11 is 0. The molecule has 0 unspecified atom stereocenters. The van der Waals surface area contributed by atoms with Crippen molar-refractivity contribution >= 4 is 5.65 Å². The Hall–Kier alpha value is -2.84. The molecule has 0 spiro atoms. The van der Waals surface area contributed by atoms with Gasteiger partial charge in [-0.1, -0.05) is 0 Å². The van der Waals surface area contributed by atoms with Crippen LogP contribution in [0.3, 0.4) is 0 Å². The summed E-state index contributed by atoms with van der Waals surface area (Å²) in [4.78, 5) is 0. The van der Waals surface area contributed by atoms with Crippen LogP contribution >= 0.6 is 0 Å². The molecule has 2 aromatic heterocycles. The lowest BCUT2D eigenvalue weighted by Crippen LogP contribution is -2.35. The first-order valence-electron chi connectivity index (χ1n) is 8.51. The van der Waals surface area contributed by atoms with E-state index < -0.39 is 18.2 Å². The number of hydrogen-bond donors (Lipinski definition) is 0. The fraction of sp³-hybridized carbons (Fsp3) is 0.368. The van der Waals surface area contributed by atoms with Crippen molar-refractivity contribution in [1.29, 1.82) is 0 Å². The van der Waals surface area contributed by atoms with E-state index in [1.807, 2.05) is 13.8 Å². The van der Waals surface area contributed by atoms with Crippen molar-refractivity contribution in [3.8, 4) is 11.5 Å². The molecule has 5 nitrogen and oxygen atoms in total. The molecule has 0 saturated heterocycles. The predicted octanol–water partition coefficient (Wildman–Crippen LogP) is 4.52. The van der Waals surface area contributed by atoms with E-state index in [4.69, 9.17) is 9.47 Å². The highest BCUT2D eigenvalue weighted by molar-refractivity contribution is 5.54. The van der Waals surface area contributed by atoms with Crippen LogP contribution in [0.1, 0.15) is 25.2 Å². The minimum Gasteiger partial charge on any atom is -0.489 e. The number of aromatic nitrogens is 3. The summed E-state index contributed by atoms with van der Waals surface area (Å²) in [6.45, 7) is 5.47. The molecular formula is C19H19F4N3O2. The largest absolute Gasteiger partial charge is 0.489 e. The Morgan fingerprint density at radius 1 is 1.04 bits per heavy atom. The fourth-order valence-corrected chi connectivity index (χ4v) is 2.67. The second kappa shape index (κ2) is 7.29. The van der Waals surface area contributed by atoms with Gasteiger partial charge in [-0.15, -0.1) is 10.2 Å². The summed E-state index contributed by atoms with van der Waals surface area (Å²) in [6, 6.07) is 7.21. The molecule has 9 heteroatoms. The Bertz CT molecular complexity index is 966. The molecular weight excluding hydrogens is 378 g/mol. The molecule has 0 saturated carbocycles. The third-order valence-corrected chi connectivity index (χ3v) is 3.99. The Labute approximate surface area is 158 Å². The highest BCUT2D eigenvalue weighted by Gasteiger charge is 2.31. The van der Waals surface area contributed by atoms with Gasteiger partial charge >= 0.3 is 6.18 Å². The lowest BCUT2D eigenvalue weighted by Gasteiger charge is -2.27. The molecule has 0 aliphatic rings. The number of pyridine rings is 1. The van der Waals surface area contributed by atoms with E-state index in [-0.39, 0.29) is 18.2 Å². The maximum Gasteiger partial charge on any atom is 0.396 e. The smallest absolute Gasteiger partial charge is 0.396 e. The maximum atomic E-state index is 13.0. The van der Waals surface area contributed by atoms with Crippen LogP contribution in [0.4, 0.5) is 17.6 Å². The van der Waals surface area contributed by atoms with Gasteiger partial charge in [-0.2, -0.15) is 13.2 Å². The zero-order valence-electron chi connectivity index (χ0n) is 15.5. The molecule has 0 radical (unpaired) electrons. The molecule has 0 bridgehead atoms. The number of halogens is 4. The molecule has 0 N–H and O–H groups in total. The van der Waals surface area contributed by atoms with Gasteiger partial charge in [0.05, 0.1) is 0 Å². The van der Waals surface area contributed by atoms with Crippen LogP contribution in [-0.4, -0.2) is 33.0 Å². The van der Waals surface area contributed by atoms with Crippen molar-refractivity contribution in [1.82, 2.24) is 14.6 Å². The van der Waals surface area contributed by atoms with Gasteiger partial charge in [0.25, 0.3) is 0 Å². The molecule has 0 aliphatic heterocycles. The van der Waals surface area contributed by atoms with Crippen molar-refractivity contribution in [3.63, 3.8) is 0 Å². The maximum absolute atomic E-state index is 13.0. The van der Waals surface area contributed by atoms with Crippen LogP contribution in [0.15, 0.2) is 36.5 Å². The minimum absolute atomic E-state index is 0.158. The lowest BCUT2D eigenvalue weighted by molar-refractivity contribution is -0.128. The Kier molecular flexibility index (Phi) is 5.18. The highest BCUT2D eigenvalue weighted by Crippen LogP contribution is 2.26. The molecule has 0 aliphatic carbocycles. The van der Waals surface area contributed by atoms with Gasteiger partial charge in [-0.3, -0.25) is 4.40 Å². The predicted molar refractivity (Wildman–Crippen MR) is 94.1 cm³/mol. The molecule has 3 aromatic rings. The zero-order valence-corrected chi connectivity index (χ0v) is 15.5. The topological polar surface area (TPSA) is 48.7 Å². The van der Waals surface area contributed by atoms with E-state index in [9.17, 15) is 17.6 Å². The second-order valence-corrected chi connectivity index (χ2v) is 7.01. The number of rotatable bonds is 6. The van der Waals surface area contributed by atoms with Crippen molar-refractivity contribution in [3.05, 3.63) is 53.7 Å². The molecule has 28 heavy (non-hydrogen) atoms. The van der Waals surface area contributed by atoms with E-state index in [1.165, 1.54) is 34.9 Å². The molecule has 3 rings (SSSR count). The summed E-state index contributed by atoms with van der Waals surface area (Å²) in [6.07, 6.45) is -4.08. The normalized spacial score (nSPS) is 12.4. The van der Waals surface area contributed by atoms with E-state index >= 15 is 0 Å². The third kappa shape index (κ3) is 4.71. The first-order chi connectivity index (χ1) is 13.0. The Morgan fingerprint density at radius 2 is 1.71 bits per heavy atom. The van der Waals surface area contributed by atoms with Gasteiger partial charge in [0.15, 0.2) is 5.65 Å². The number of nitrogens with zero attached hydrogens (tertiary/aromatic N) is 3. The van der Waals surface area contributed by atoms with Gasteiger partial charge in [0.1, 0.15) is 41.8 Å². The first-order valence-corrected chi connectivity index (χ1v) is 8.51. The molecule has 2 heterocycles. The summed E-state index contributed by atoms with van der Waals surface area (Å²) in [5.74, 6) is 0.423. The van der Waals surface area contributed by atoms with Crippen LogP contribution in [-0.2, 0) is 6.42 Å². The number of alkyl halides is 3. The number of benzene rings is 1. The van der Waals surface area contributed by atoms with Crippen LogP contribution in [0.25, 0.3) is 5.65 Å². The van der Waals surface area contributed by atoms with Crippen molar-refractivity contribution < 1.29 is 27.0 Å². The standard InChI is InChI=1S/C19H19F4N3O2/c1-12-15(8-9-26-16(10-19(21,22)23)24-25-17(12)26)27-11-18(2,3)28-14-6-4-13(20)5-7-14/h4-9H,10-11H2,1-3H3. The van der Waals surface area contributed by atoms with Crippen molar-refractivity contribution in [2.75, 3.05) is 6.61 Å². The average Bonchev–Trinajstić information content (AvgIpc) is 2.98. The quantitative estimate of drug-likeness (QED) is 0.574. The second-order valence-electron chi connectivity index (χ2n) is 7.01. The summed E-state index contributed by atoms with van der Waals surface area (Å²) < 4.78 is 63.8. The summed E-state index contributed by atoms with van der Waals surface area (Å²) in [7, 11) is 0. The van der Waals surface area contributed by atoms with Crippen molar-refractivity contribution in [2.45, 2.75) is 39.0 Å².